The third kappa shape index (κ3) is 2.90. The van der Waals surface area contributed by atoms with Gasteiger partial charge in [0.25, 0.3) is 0 Å². The van der Waals surface area contributed by atoms with E-state index in [1.807, 2.05) is 19.1 Å². The van der Waals surface area contributed by atoms with Crippen LogP contribution in [0.4, 0.5) is 0 Å². The van der Waals surface area contributed by atoms with Gasteiger partial charge in [0.15, 0.2) is 5.78 Å². The Bertz CT molecular complexity index is 385. The number of hydrogen-bond donors (Lipinski definition) is 0. The second-order valence-corrected chi connectivity index (χ2v) is 3.06. The van der Waals surface area contributed by atoms with Crippen molar-refractivity contribution in [3.63, 3.8) is 0 Å². The molecule has 0 aliphatic heterocycles. The number of halogens is 1. The number of Topliss-reactive ketones (excluding diaryl/α,β-unsaturated/α-hetero) is 1. The SMILES string of the molecule is CCC(=O)c1cccc(C#CCCl)c1. The molecule has 1 aromatic carbocycles. The van der Waals surface area contributed by atoms with E-state index in [2.05, 4.69) is 11.8 Å². The minimum atomic E-state index is 0.138. The highest BCUT2D eigenvalue weighted by atomic mass is 35.5. The normalized spacial score (nSPS) is 9.00. The average molecular weight is 207 g/mol. The Morgan fingerprint density at radius 2 is 2.29 bits per heavy atom. The first kappa shape index (κ1) is 10.8. The smallest absolute Gasteiger partial charge is 0.162 e. The van der Waals surface area contributed by atoms with Gasteiger partial charge in [-0.05, 0) is 12.1 Å². The third-order valence-electron chi connectivity index (χ3n) is 1.81. The highest BCUT2D eigenvalue weighted by molar-refractivity contribution is 6.19. The van der Waals surface area contributed by atoms with E-state index in [1.54, 1.807) is 12.1 Å². The summed E-state index contributed by atoms with van der Waals surface area (Å²) in [5.74, 6) is 6.08. The van der Waals surface area contributed by atoms with Crippen molar-refractivity contribution in [2.75, 3.05) is 5.88 Å². The standard InChI is InChI=1S/C12H11ClO/c1-2-12(14)11-7-3-5-10(9-11)6-4-8-13/h3,5,7,9H,2,8H2,1H3. The molecular formula is C12H11ClO. The topological polar surface area (TPSA) is 17.1 Å². The molecule has 2 heteroatoms. The largest absolute Gasteiger partial charge is 0.294 e. The molecule has 1 nitrogen and oxygen atoms in total. The molecule has 0 atom stereocenters. The van der Waals surface area contributed by atoms with Crippen LogP contribution in [0.3, 0.4) is 0 Å². The van der Waals surface area contributed by atoms with E-state index in [4.69, 9.17) is 11.6 Å². The van der Waals surface area contributed by atoms with Gasteiger partial charge >= 0.3 is 0 Å². The Morgan fingerprint density at radius 3 is 2.93 bits per heavy atom. The van der Waals surface area contributed by atoms with Gasteiger partial charge in [-0.1, -0.05) is 30.9 Å². The summed E-state index contributed by atoms with van der Waals surface area (Å²) in [6.45, 7) is 1.85. The minimum Gasteiger partial charge on any atom is -0.294 e. The van der Waals surface area contributed by atoms with E-state index in [0.29, 0.717) is 17.9 Å². The van der Waals surface area contributed by atoms with Crippen molar-refractivity contribution in [1.82, 2.24) is 0 Å². The summed E-state index contributed by atoms with van der Waals surface area (Å²) in [5.41, 5.74) is 1.55. The molecule has 72 valence electrons. The second-order valence-electron chi connectivity index (χ2n) is 2.79. The molecule has 0 N–H and O–H groups in total. The summed E-state index contributed by atoms with van der Waals surface area (Å²) in [7, 11) is 0. The zero-order valence-corrected chi connectivity index (χ0v) is 8.77. The Balaban J connectivity index is 2.95. The van der Waals surface area contributed by atoms with E-state index >= 15 is 0 Å². The van der Waals surface area contributed by atoms with Crippen molar-refractivity contribution in [3.8, 4) is 11.8 Å². The fourth-order valence-electron chi connectivity index (χ4n) is 1.11. The lowest BCUT2D eigenvalue weighted by molar-refractivity contribution is 0.0988. The Hall–Kier alpha value is -1.26. The number of alkyl halides is 1. The highest BCUT2D eigenvalue weighted by Crippen LogP contribution is 2.06. The molecule has 0 radical (unpaired) electrons. The van der Waals surface area contributed by atoms with Crippen molar-refractivity contribution < 1.29 is 4.79 Å². The molecule has 0 bridgehead atoms. The van der Waals surface area contributed by atoms with Crippen LogP contribution in [0, 0.1) is 11.8 Å². The number of ketones is 1. The van der Waals surface area contributed by atoms with Gasteiger partial charge in [-0.15, -0.1) is 11.6 Å². The molecule has 0 aliphatic rings. The molecule has 1 aromatic rings. The fraction of sp³-hybridized carbons (Fsp3) is 0.250. The lowest BCUT2D eigenvalue weighted by atomic mass is 10.1. The first-order valence-electron chi connectivity index (χ1n) is 4.46. The number of rotatable bonds is 2. The summed E-state index contributed by atoms with van der Waals surface area (Å²) in [6, 6.07) is 7.30. The van der Waals surface area contributed by atoms with E-state index in [-0.39, 0.29) is 5.78 Å². The molecule has 0 aliphatic carbocycles. The van der Waals surface area contributed by atoms with Crippen LogP contribution < -0.4 is 0 Å². The molecular weight excluding hydrogens is 196 g/mol. The molecule has 0 spiro atoms. The monoisotopic (exact) mass is 206 g/mol. The van der Waals surface area contributed by atoms with Crippen LogP contribution >= 0.6 is 11.6 Å². The van der Waals surface area contributed by atoms with Gasteiger partial charge in [0, 0.05) is 17.5 Å². The van der Waals surface area contributed by atoms with Crippen molar-refractivity contribution in [2.24, 2.45) is 0 Å². The maximum Gasteiger partial charge on any atom is 0.162 e. The lowest BCUT2D eigenvalue weighted by Gasteiger charge is -1.97. The molecule has 0 heterocycles. The van der Waals surface area contributed by atoms with Crippen LogP contribution in [0.15, 0.2) is 24.3 Å². The number of carbonyl (C=O) groups is 1. The Kier molecular flexibility index (Phi) is 4.22. The zero-order chi connectivity index (χ0) is 10.4. The van der Waals surface area contributed by atoms with E-state index in [0.717, 1.165) is 5.56 Å². The summed E-state index contributed by atoms with van der Waals surface area (Å²) in [4.78, 5) is 11.4. The van der Waals surface area contributed by atoms with Crippen LogP contribution in [0.25, 0.3) is 0 Å². The zero-order valence-electron chi connectivity index (χ0n) is 8.01. The Labute approximate surface area is 89.1 Å². The third-order valence-corrected chi connectivity index (χ3v) is 1.94. The molecule has 1 rings (SSSR count). The quantitative estimate of drug-likeness (QED) is 0.413. The predicted molar refractivity (Wildman–Crippen MR) is 58.7 cm³/mol. The van der Waals surface area contributed by atoms with Gasteiger partial charge < -0.3 is 0 Å². The highest BCUT2D eigenvalue weighted by Gasteiger charge is 2.01. The van der Waals surface area contributed by atoms with Crippen LogP contribution in [-0.4, -0.2) is 11.7 Å². The molecule has 0 amide bonds. The van der Waals surface area contributed by atoms with E-state index in [9.17, 15) is 4.79 Å². The second kappa shape index (κ2) is 5.47. The molecule has 0 fully saturated rings. The number of carbonyl (C=O) groups excluding carboxylic acids is 1. The maximum absolute atomic E-state index is 11.4. The van der Waals surface area contributed by atoms with Crippen molar-refractivity contribution in [3.05, 3.63) is 35.4 Å². The van der Waals surface area contributed by atoms with Gasteiger partial charge in [-0.3, -0.25) is 4.79 Å². The van der Waals surface area contributed by atoms with Crippen LogP contribution in [0.5, 0.6) is 0 Å². The number of benzene rings is 1. The lowest BCUT2D eigenvalue weighted by Crippen LogP contribution is -1.96. The van der Waals surface area contributed by atoms with E-state index < -0.39 is 0 Å². The number of hydrogen-bond acceptors (Lipinski definition) is 1. The van der Waals surface area contributed by atoms with Crippen molar-refractivity contribution >= 4 is 17.4 Å². The molecule has 0 aromatic heterocycles. The first-order chi connectivity index (χ1) is 6.77. The average Bonchev–Trinajstić information content (AvgIpc) is 2.25. The van der Waals surface area contributed by atoms with Gasteiger partial charge in [0.05, 0.1) is 5.88 Å². The fourth-order valence-corrected chi connectivity index (χ4v) is 1.18. The van der Waals surface area contributed by atoms with Crippen LogP contribution in [-0.2, 0) is 0 Å². The minimum absolute atomic E-state index is 0.138. The van der Waals surface area contributed by atoms with Gasteiger partial charge in [0.1, 0.15) is 0 Å². The summed E-state index contributed by atoms with van der Waals surface area (Å²) >= 11 is 5.44. The molecule has 0 saturated heterocycles. The molecule has 0 unspecified atom stereocenters. The maximum atomic E-state index is 11.4. The van der Waals surface area contributed by atoms with Crippen molar-refractivity contribution in [1.29, 1.82) is 0 Å². The molecule has 14 heavy (non-hydrogen) atoms. The molecule has 0 saturated carbocycles. The van der Waals surface area contributed by atoms with E-state index in [1.165, 1.54) is 0 Å². The van der Waals surface area contributed by atoms with Gasteiger partial charge in [-0.2, -0.15) is 0 Å². The van der Waals surface area contributed by atoms with Crippen LogP contribution in [0.2, 0.25) is 0 Å². The van der Waals surface area contributed by atoms with Crippen molar-refractivity contribution in [2.45, 2.75) is 13.3 Å². The summed E-state index contributed by atoms with van der Waals surface area (Å²) in [6.07, 6.45) is 0.520. The first-order valence-corrected chi connectivity index (χ1v) is 4.99. The van der Waals surface area contributed by atoms with Gasteiger partial charge in [0.2, 0.25) is 0 Å². The summed E-state index contributed by atoms with van der Waals surface area (Å²) in [5, 5.41) is 0. The van der Waals surface area contributed by atoms with Gasteiger partial charge in [-0.25, -0.2) is 0 Å². The Morgan fingerprint density at radius 1 is 1.50 bits per heavy atom. The summed E-state index contributed by atoms with van der Waals surface area (Å²) < 4.78 is 0. The van der Waals surface area contributed by atoms with Crippen LogP contribution in [0.1, 0.15) is 29.3 Å². The predicted octanol–water partition coefficient (Wildman–Crippen LogP) is 2.87.